The lowest BCUT2D eigenvalue weighted by atomic mass is 10.1. The van der Waals surface area contributed by atoms with E-state index in [1.165, 1.54) is 29.8 Å². The minimum absolute atomic E-state index is 0.0193. The Balaban J connectivity index is 2.04. The monoisotopic (exact) mass is 317 g/mol. The zero-order valence-electron chi connectivity index (χ0n) is 12.1. The first-order valence-corrected chi connectivity index (χ1v) is 8.50. The number of halogens is 1. The van der Waals surface area contributed by atoms with Gasteiger partial charge in [0.05, 0.1) is 24.7 Å². The zero-order valence-corrected chi connectivity index (χ0v) is 12.9. The van der Waals surface area contributed by atoms with Crippen molar-refractivity contribution in [1.29, 1.82) is 0 Å². The molecule has 0 bridgehead atoms. The Hall–Kier alpha value is -1.54. The van der Waals surface area contributed by atoms with Gasteiger partial charge in [0.25, 0.3) is 0 Å². The number of piperidine rings is 1. The number of nitrogens with two attached hydrogens (primary N) is 1. The second-order valence-corrected chi connectivity index (χ2v) is 7.14. The number of methoxy groups -OCH3 is 1. The molecule has 8 heteroatoms. The number of nitrogen functional groups attached to an aromatic ring is 1. The molecular formula is C13H20FN3O3S. The van der Waals surface area contributed by atoms with Gasteiger partial charge in [0.1, 0.15) is 11.6 Å². The summed E-state index contributed by atoms with van der Waals surface area (Å²) in [5, 5.41) is 3.09. The summed E-state index contributed by atoms with van der Waals surface area (Å²) in [5.74, 6) is -0.0358. The van der Waals surface area contributed by atoms with E-state index < -0.39 is 15.8 Å². The molecule has 1 aromatic rings. The number of nitrogens with one attached hydrogen (secondary N) is 1. The number of sulfonamides is 1. The van der Waals surface area contributed by atoms with Crippen LogP contribution in [0.15, 0.2) is 12.1 Å². The minimum Gasteiger partial charge on any atom is -0.495 e. The van der Waals surface area contributed by atoms with Crippen LogP contribution in [-0.2, 0) is 10.0 Å². The third-order valence-corrected chi connectivity index (χ3v) is 4.91. The summed E-state index contributed by atoms with van der Waals surface area (Å²) in [7, 11) is -1.68. The minimum atomic E-state index is -3.15. The van der Waals surface area contributed by atoms with Crippen LogP contribution in [0.2, 0.25) is 0 Å². The van der Waals surface area contributed by atoms with Gasteiger partial charge in [-0.15, -0.1) is 0 Å². The normalized spacial score (nSPS) is 17.7. The average Bonchev–Trinajstić information content (AvgIpc) is 2.41. The first-order chi connectivity index (χ1) is 9.81. The van der Waals surface area contributed by atoms with Crippen molar-refractivity contribution < 1.29 is 17.5 Å². The summed E-state index contributed by atoms with van der Waals surface area (Å²) < 4.78 is 43.3. The van der Waals surface area contributed by atoms with Crippen molar-refractivity contribution in [3.63, 3.8) is 0 Å². The molecule has 0 saturated carbocycles. The molecule has 1 aliphatic heterocycles. The van der Waals surface area contributed by atoms with Gasteiger partial charge in [-0.3, -0.25) is 0 Å². The van der Waals surface area contributed by atoms with E-state index in [4.69, 9.17) is 10.5 Å². The van der Waals surface area contributed by atoms with Gasteiger partial charge in [-0.05, 0) is 12.8 Å². The van der Waals surface area contributed by atoms with Gasteiger partial charge in [-0.1, -0.05) is 0 Å². The molecular weight excluding hydrogens is 297 g/mol. The van der Waals surface area contributed by atoms with Crippen molar-refractivity contribution >= 4 is 21.4 Å². The molecule has 0 spiro atoms. The molecule has 0 amide bonds. The molecule has 0 radical (unpaired) electrons. The molecule has 0 aliphatic carbocycles. The molecule has 3 N–H and O–H groups in total. The Morgan fingerprint density at radius 1 is 1.38 bits per heavy atom. The second-order valence-electron chi connectivity index (χ2n) is 5.15. The summed E-state index contributed by atoms with van der Waals surface area (Å²) >= 11 is 0. The van der Waals surface area contributed by atoms with Crippen LogP contribution in [0.4, 0.5) is 15.8 Å². The lowest BCUT2D eigenvalue weighted by Crippen LogP contribution is -2.41. The molecule has 1 aliphatic rings. The highest BCUT2D eigenvalue weighted by atomic mass is 32.2. The van der Waals surface area contributed by atoms with E-state index in [1.54, 1.807) is 0 Å². The quantitative estimate of drug-likeness (QED) is 0.817. The maximum absolute atomic E-state index is 13.9. The lowest BCUT2D eigenvalue weighted by molar-refractivity contribution is 0.331. The van der Waals surface area contributed by atoms with E-state index in [0.717, 1.165) is 0 Å². The fraction of sp³-hybridized carbons (Fsp3) is 0.538. The first kappa shape index (κ1) is 15.8. The molecule has 2 rings (SSSR count). The number of rotatable bonds is 4. The standard InChI is InChI=1S/C13H20FN3O3S/c1-20-13-8-12(10(14)7-11(13)15)16-9-3-5-17(6-4-9)21(2,18)19/h7-9,16H,3-6,15H2,1-2H3. The molecule has 1 heterocycles. The fourth-order valence-corrected chi connectivity index (χ4v) is 3.28. The molecule has 1 aromatic carbocycles. The highest BCUT2D eigenvalue weighted by molar-refractivity contribution is 7.88. The van der Waals surface area contributed by atoms with Crippen LogP contribution in [0.5, 0.6) is 5.75 Å². The summed E-state index contributed by atoms with van der Waals surface area (Å²) in [6, 6.07) is 2.76. The third-order valence-electron chi connectivity index (χ3n) is 3.60. The van der Waals surface area contributed by atoms with Crippen molar-refractivity contribution in [3.8, 4) is 5.75 Å². The zero-order chi connectivity index (χ0) is 15.6. The van der Waals surface area contributed by atoms with Gasteiger partial charge in [0.15, 0.2) is 0 Å². The van der Waals surface area contributed by atoms with Crippen molar-refractivity contribution in [2.24, 2.45) is 0 Å². The summed E-state index contributed by atoms with van der Waals surface area (Å²) in [5.41, 5.74) is 6.20. The van der Waals surface area contributed by atoms with Crippen LogP contribution in [0.1, 0.15) is 12.8 Å². The van der Waals surface area contributed by atoms with Crippen molar-refractivity contribution in [2.45, 2.75) is 18.9 Å². The van der Waals surface area contributed by atoms with Crippen molar-refractivity contribution in [3.05, 3.63) is 17.9 Å². The number of benzene rings is 1. The molecule has 1 fully saturated rings. The van der Waals surface area contributed by atoms with E-state index in [-0.39, 0.29) is 11.7 Å². The molecule has 1 saturated heterocycles. The predicted molar refractivity (Wildman–Crippen MR) is 80.4 cm³/mol. The molecule has 0 atom stereocenters. The maximum Gasteiger partial charge on any atom is 0.211 e. The molecule has 6 nitrogen and oxygen atoms in total. The van der Waals surface area contributed by atoms with E-state index in [9.17, 15) is 12.8 Å². The number of hydrogen-bond donors (Lipinski definition) is 2. The van der Waals surface area contributed by atoms with Crippen LogP contribution in [0.25, 0.3) is 0 Å². The number of anilines is 2. The number of nitrogens with zero attached hydrogens (tertiary/aromatic N) is 1. The highest BCUT2D eigenvalue weighted by Gasteiger charge is 2.25. The Labute approximate surface area is 124 Å². The molecule has 118 valence electrons. The van der Waals surface area contributed by atoms with E-state index in [1.807, 2.05) is 0 Å². The molecule has 21 heavy (non-hydrogen) atoms. The summed E-state index contributed by atoms with van der Waals surface area (Å²) in [4.78, 5) is 0. The Morgan fingerprint density at radius 3 is 2.52 bits per heavy atom. The van der Waals surface area contributed by atoms with Gasteiger partial charge in [-0.25, -0.2) is 17.1 Å². The summed E-state index contributed by atoms with van der Waals surface area (Å²) in [6.45, 7) is 0.869. The Kier molecular flexibility index (Phi) is 4.58. The summed E-state index contributed by atoms with van der Waals surface area (Å²) in [6.07, 6.45) is 2.45. The highest BCUT2D eigenvalue weighted by Crippen LogP contribution is 2.29. The average molecular weight is 317 g/mol. The van der Waals surface area contributed by atoms with Gasteiger partial charge >= 0.3 is 0 Å². The van der Waals surface area contributed by atoms with Crippen LogP contribution < -0.4 is 15.8 Å². The molecule has 0 unspecified atom stereocenters. The number of hydrogen-bond acceptors (Lipinski definition) is 5. The molecule has 0 aromatic heterocycles. The van der Waals surface area contributed by atoms with Crippen LogP contribution in [0.3, 0.4) is 0 Å². The van der Waals surface area contributed by atoms with Gasteiger partial charge in [0.2, 0.25) is 10.0 Å². The lowest BCUT2D eigenvalue weighted by Gasteiger charge is -2.31. The maximum atomic E-state index is 13.9. The first-order valence-electron chi connectivity index (χ1n) is 6.66. The SMILES string of the molecule is COc1cc(NC2CCN(S(C)(=O)=O)CC2)c(F)cc1N. The van der Waals surface area contributed by atoms with E-state index in [0.29, 0.717) is 37.4 Å². The van der Waals surface area contributed by atoms with Gasteiger partial charge in [0, 0.05) is 31.3 Å². The third kappa shape index (κ3) is 3.76. The fourth-order valence-electron chi connectivity index (χ4n) is 2.41. The van der Waals surface area contributed by atoms with Crippen LogP contribution >= 0.6 is 0 Å². The van der Waals surface area contributed by atoms with Crippen LogP contribution in [-0.4, -0.2) is 45.2 Å². The largest absolute Gasteiger partial charge is 0.495 e. The topological polar surface area (TPSA) is 84.7 Å². The van der Waals surface area contributed by atoms with Gasteiger partial charge < -0.3 is 15.8 Å². The predicted octanol–water partition coefficient (Wildman–Crippen LogP) is 1.25. The van der Waals surface area contributed by atoms with Crippen molar-refractivity contribution in [2.75, 3.05) is 37.5 Å². The second kappa shape index (κ2) is 6.07. The smallest absolute Gasteiger partial charge is 0.211 e. The van der Waals surface area contributed by atoms with Gasteiger partial charge in [-0.2, -0.15) is 0 Å². The Bertz CT molecular complexity index is 613. The van der Waals surface area contributed by atoms with Crippen LogP contribution in [0, 0.1) is 5.82 Å². The van der Waals surface area contributed by atoms with Crippen molar-refractivity contribution in [1.82, 2.24) is 4.31 Å². The van der Waals surface area contributed by atoms with E-state index in [2.05, 4.69) is 5.32 Å². The Morgan fingerprint density at radius 2 is 2.00 bits per heavy atom. The van der Waals surface area contributed by atoms with E-state index >= 15 is 0 Å². The number of ether oxygens (including phenoxy) is 1.